The Morgan fingerprint density at radius 2 is 1.96 bits per heavy atom. The summed E-state index contributed by atoms with van der Waals surface area (Å²) in [5, 5.41) is 12.5. The van der Waals surface area contributed by atoms with Gasteiger partial charge in [-0.05, 0) is 51.3 Å². The Kier molecular flexibility index (Phi) is 5.51. The molecule has 24 heavy (non-hydrogen) atoms. The van der Waals surface area contributed by atoms with Crippen LogP contribution >= 0.6 is 0 Å². The van der Waals surface area contributed by atoms with Crippen molar-refractivity contribution in [3.8, 4) is 0 Å². The van der Waals surface area contributed by atoms with Crippen molar-refractivity contribution in [2.24, 2.45) is 0 Å². The Bertz CT molecular complexity index is 758. The zero-order valence-corrected chi connectivity index (χ0v) is 14.2. The molecule has 1 amide bonds. The number of nitrogens with one attached hydrogen (secondary N) is 2. The molecular formula is C18H23N3O3. The predicted octanol–water partition coefficient (Wildman–Crippen LogP) is 1.71. The van der Waals surface area contributed by atoms with Gasteiger partial charge in [0.2, 0.25) is 0 Å². The third-order valence-corrected chi connectivity index (χ3v) is 3.58. The van der Waals surface area contributed by atoms with E-state index in [-0.39, 0.29) is 18.0 Å². The van der Waals surface area contributed by atoms with Gasteiger partial charge in [-0.2, -0.15) is 0 Å². The van der Waals surface area contributed by atoms with Crippen molar-refractivity contribution in [3.63, 3.8) is 0 Å². The molecular weight excluding hydrogens is 306 g/mol. The SMILES string of the molecule is Cc1nc(CNC(=O)c2ccc(CCC(C)(C)O)cc2)cc(=O)[nH]1. The molecule has 0 aliphatic heterocycles. The van der Waals surface area contributed by atoms with E-state index >= 15 is 0 Å². The number of benzene rings is 1. The lowest BCUT2D eigenvalue weighted by Gasteiger charge is -2.16. The van der Waals surface area contributed by atoms with Gasteiger partial charge < -0.3 is 15.4 Å². The first-order chi connectivity index (χ1) is 11.2. The summed E-state index contributed by atoms with van der Waals surface area (Å²) >= 11 is 0. The van der Waals surface area contributed by atoms with Crippen LogP contribution in [0.1, 0.15) is 47.7 Å². The summed E-state index contributed by atoms with van der Waals surface area (Å²) in [5.74, 6) is 0.298. The predicted molar refractivity (Wildman–Crippen MR) is 91.8 cm³/mol. The number of nitrogens with zero attached hydrogens (tertiary/aromatic N) is 1. The van der Waals surface area contributed by atoms with Gasteiger partial charge in [0.15, 0.2) is 0 Å². The van der Waals surface area contributed by atoms with Crippen LogP contribution in [0.15, 0.2) is 35.1 Å². The highest BCUT2D eigenvalue weighted by Gasteiger charge is 2.12. The second-order valence-corrected chi connectivity index (χ2v) is 6.51. The molecule has 1 heterocycles. The maximum atomic E-state index is 12.2. The fraction of sp³-hybridized carbons (Fsp3) is 0.389. The second-order valence-electron chi connectivity index (χ2n) is 6.51. The lowest BCUT2D eigenvalue weighted by molar-refractivity contribution is 0.0713. The van der Waals surface area contributed by atoms with Gasteiger partial charge in [0.1, 0.15) is 5.82 Å². The number of amides is 1. The van der Waals surface area contributed by atoms with Crippen molar-refractivity contribution < 1.29 is 9.90 Å². The van der Waals surface area contributed by atoms with E-state index in [0.717, 1.165) is 12.0 Å². The first-order valence-corrected chi connectivity index (χ1v) is 7.89. The molecule has 0 radical (unpaired) electrons. The van der Waals surface area contributed by atoms with Crippen LogP contribution in [0.4, 0.5) is 0 Å². The highest BCUT2D eigenvalue weighted by atomic mass is 16.3. The Morgan fingerprint density at radius 3 is 2.54 bits per heavy atom. The fourth-order valence-corrected chi connectivity index (χ4v) is 2.28. The van der Waals surface area contributed by atoms with Crippen LogP contribution in [0.2, 0.25) is 0 Å². The molecule has 6 heteroatoms. The second kappa shape index (κ2) is 7.40. The number of hydrogen-bond acceptors (Lipinski definition) is 4. The summed E-state index contributed by atoms with van der Waals surface area (Å²) in [7, 11) is 0. The summed E-state index contributed by atoms with van der Waals surface area (Å²) in [4.78, 5) is 30.2. The summed E-state index contributed by atoms with van der Waals surface area (Å²) in [6.07, 6.45) is 1.41. The number of aryl methyl sites for hydroxylation is 2. The number of rotatable bonds is 6. The normalized spacial score (nSPS) is 11.3. The zero-order valence-electron chi connectivity index (χ0n) is 14.2. The summed E-state index contributed by atoms with van der Waals surface area (Å²) < 4.78 is 0. The van der Waals surface area contributed by atoms with Crippen molar-refractivity contribution in [1.29, 1.82) is 0 Å². The first-order valence-electron chi connectivity index (χ1n) is 7.89. The van der Waals surface area contributed by atoms with Gasteiger partial charge in [-0.15, -0.1) is 0 Å². The van der Waals surface area contributed by atoms with Gasteiger partial charge >= 0.3 is 0 Å². The van der Waals surface area contributed by atoms with Gasteiger partial charge in [-0.25, -0.2) is 4.98 Å². The fourth-order valence-electron chi connectivity index (χ4n) is 2.28. The summed E-state index contributed by atoms with van der Waals surface area (Å²) in [5.41, 5.74) is 1.20. The maximum Gasteiger partial charge on any atom is 0.251 e. The van der Waals surface area contributed by atoms with Crippen molar-refractivity contribution in [2.75, 3.05) is 0 Å². The molecule has 0 aliphatic rings. The number of carbonyl (C=O) groups excluding carboxylic acids is 1. The van der Waals surface area contributed by atoms with E-state index in [4.69, 9.17) is 0 Å². The Balaban J connectivity index is 1.93. The Hall–Kier alpha value is -2.47. The summed E-state index contributed by atoms with van der Waals surface area (Å²) in [6, 6.07) is 8.65. The van der Waals surface area contributed by atoms with Crippen LogP contribution in [0, 0.1) is 6.92 Å². The zero-order chi connectivity index (χ0) is 17.7. The topological polar surface area (TPSA) is 95.1 Å². The van der Waals surface area contributed by atoms with Crippen LogP contribution in [-0.2, 0) is 13.0 Å². The average molecular weight is 329 g/mol. The molecule has 1 aromatic heterocycles. The lowest BCUT2D eigenvalue weighted by Crippen LogP contribution is -2.24. The van der Waals surface area contributed by atoms with Crippen molar-refractivity contribution in [2.45, 2.75) is 45.8 Å². The highest BCUT2D eigenvalue weighted by Crippen LogP contribution is 2.13. The van der Waals surface area contributed by atoms with E-state index in [1.165, 1.54) is 6.07 Å². The van der Waals surface area contributed by atoms with Crippen molar-refractivity contribution >= 4 is 5.91 Å². The molecule has 0 aliphatic carbocycles. The molecule has 0 saturated carbocycles. The number of carbonyl (C=O) groups is 1. The van der Waals surface area contributed by atoms with E-state index in [0.29, 0.717) is 23.5 Å². The molecule has 0 unspecified atom stereocenters. The third kappa shape index (κ3) is 5.62. The minimum atomic E-state index is -0.700. The molecule has 0 atom stereocenters. The van der Waals surface area contributed by atoms with Crippen LogP contribution < -0.4 is 10.9 Å². The van der Waals surface area contributed by atoms with Crippen LogP contribution in [0.5, 0.6) is 0 Å². The third-order valence-electron chi connectivity index (χ3n) is 3.58. The van der Waals surface area contributed by atoms with Crippen LogP contribution in [-0.4, -0.2) is 26.6 Å². The smallest absolute Gasteiger partial charge is 0.251 e. The highest BCUT2D eigenvalue weighted by molar-refractivity contribution is 5.94. The van der Waals surface area contributed by atoms with E-state index < -0.39 is 5.60 Å². The average Bonchev–Trinajstić information content (AvgIpc) is 2.49. The molecule has 128 valence electrons. The largest absolute Gasteiger partial charge is 0.390 e. The Morgan fingerprint density at radius 1 is 1.29 bits per heavy atom. The molecule has 0 fully saturated rings. The monoisotopic (exact) mass is 329 g/mol. The van der Waals surface area contributed by atoms with Gasteiger partial charge in [-0.1, -0.05) is 12.1 Å². The Labute approximate surface area is 141 Å². The first kappa shape index (κ1) is 17.9. The number of hydrogen-bond donors (Lipinski definition) is 3. The van der Waals surface area contributed by atoms with E-state index in [1.807, 2.05) is 12.1 Å². The van der Waals surface area contributed by atoms with Crippen molar-refractivity contribution in [1.82, 2.24) is 15.3 Å². The number of aliphatic hydroxyl groups is 1. The van der Waals surface area contributed by atoms with Crippen molar-refractivity contribution in [3.05, 3.63) is 63.3 Å². The lowest BCUT2D eigenvalue weighted by atomic mass is 9.98. The maximum absolute atomic E-state index is 12.2. The minimum absolute atomic E-state index is 0.198. The standard InChI is InChI=1S/C18H23N3O3/c1-12-20-15(10-16(22)21-12)11-19-17(23)14-6-4-13(5-7-14)8-9-18(2,3)24/h4-7,10,24H,8-9,11H2,1-3H3,(H,19,23)(H,20,21,22). The number of aromatic nitrogens is 2. The molecule has 2 rings (SSSR count). The molecule has 6 nitrogen and oxygen atoms in total. The van der Waals surface area contributed by atoms with Gasteiger partial charge in [0.25, 0.3) is 11.5 Å². The van der Waals surface area contributed by atoms with Crippen LogP contribution in [0.25, 0.3) is 0 Å². The molecule has 0 bridgehead atoms. The van der Waals surface area contributed by atoms with Gasteiger partial charge in [-0.3, -0.25) is 9.59 Å². The van der Waals surface area contributed by atoms with E-state index in [1.54, 1.807) is 32.9 Å². The molecule has 2 aromatic rings. The van der Waals surface area contributed by atoms with Gasteiger partial charge in [0.05, 0.1) is 17.8 Å². The van der Waals surface area contributed by atoms with E-state index in [2.05, 4.69) is 15.3 Å². The van der Waals surface area contributed by atoms with Gasteiger partial charge in [0, 0.05) is 11.6 Å². The molecule has 0 spiro atoms. The summed E-state index contributed by atoms with van der Waals surface area (Å²) in [6.45, 7) is 5.45. The molecule has 1 aromatic carbocycles. The number of H-pyrrole nitrogens is 1. The van der Waals surface area contributed by atoms with E-state index in [9.17, 15) is 14.7 Å². The minimum Gasteiger partial charge on any atom is -0.390 e. The van der Waals surface area contributed by atoms with Crippen LogP contribution in [0.3, 0.4) is 0 Å². The quantitative estimate of drug-likeness (QED) is 0.752. The molecule has 0 saturated heterocycles. The number of aromatic amines is 1. The molecule has 3 N–H and O–H groups in total.